The predicted molar refractivity (Wildman–Crippen MR) is 69.9 cm³/mol. The van der Waals surface area contributed by atoms with E-state index in [0.717, 1.165) is 24.7 Å². The normalized spacial score (nSPS) is 34.2. The van der Waals surface area contributed by atoms with Crippen molar-refractivity contribution in [2.24, 2.45) is 17.3 Å². The molecular weight excluding hydrogens is 192 g/mol. The van der Waals surface area contributed by atoms with Gasteiger partial charge >= 0.3 is 0 Å². The first-order valence-electron chi connectivity index (χ1n) is 6.44. The van der Waals surface area contributed by atoms with Gasteiger partial charge in [0, 0.05) is 0 Å². The van der Waals surface area contributed by atoms with E-state index >= 15 is 0 Å². The molecule has 0 amide bonds. The van der Waals surface area contributed by atoms with Crippen LogP contribution in [0.5, 0.6) is 0 Å². The summed E-state index contributed by atoms with van der Waals surface area (Å²) in [6, 6.07) is 0. The second-order valence-corrected chi connectivity index (χ2v) is 5.73. The van der Waals surface area contributed by atoms with Crippen molar-refractivity contribution in [2.75, 3.05) is 0 Å². The van der Waals surface area contributed by atoms with Gasteiger partial charge in [-0.2, -0.15) is 0 Å². The maximum atomic E-state index is 5.48. The fraction of sp³-hybridized carbons (Fsp3) is 0.625. The van der Waals surface area contributed by atoms with Crippen LogP contribution in [0.3, 0.4) is 0 Å². The first kappa shape index (κ1) is 11.5. The van der Waals surface area contributed by atoms with Crippen LogP contribution in [-0.4, -0.2) is 0 Å². The molecule has 1 spiro atoms. The molecule has 2 aliphatic carbocycles. The third kappa shape index (κ3) is 1.63. The van der Waals surface area contributed by atoms with Crippen molar-refractivity contribution in [1.82, 2.24) is 0 Å². The van der Waals surface area contributed by atoms with Crippen LogP contribution in [0.1, 0.15) is 46.0 Å². The zero-order chi connectivity index (χ0) is 11.8. The summed E-state index contributed by atoms with van der Waals surface area (Å²) >= 11 is 0. The van der Waals surface area contributed by atoms with Gasteiger partial charge in [0.2, 0.25) is 0 Å². The van der Waals surface area contributed by atoms with E-state index in [4.69, 9.17) is 6.42 Å². The van der Waals surface area contributed by atoms with Crippen molar-refractivity contribution in [2.45, 2.75) is 46.0 Å². The SMILES string of the molecule is C#CC1=CC[C@]2(CC1)C(=C)CC[C@H]2C(C)C. The Kier molecular flexibility index (Phi) is 2.98. The van der Waals surface area contributed by atoms with Crippen molar-refractivity contribution in [3.63, 3.8) is 0 Å². The van der Waals surface area contributed by atoms with Crippen LogP contribution in [0.15, 0.2) is 23.8 Å². The van der Waals surface area contributed by atoms with Gasteiger partial charge in [0.05, 0.1) is 0 Å². The molecule has 0 saturated heterocycles. The summed E-state index contributed by atoms with van der Waals surface area (Å²) in [6.45, 7) is 9.04. The highest BCUT2D eigenvalue weighted by atomic mass is 14.5. The Bertz CT molecular complexity index is 364. The molecular formula is C16H22. The first-order valence-corrected chi connectivity index (χ1v) is 6.44. The zero-order valence-electron chi connectivity index (χ0n) is 10.6. The minimum atomic E-state index is 0.383. The van der Waals surface area contributed by atoms with Gasteiger partial charge < -0.3 is 0 Å². The highest BCUT2D eigenvalue weighted by Gasteiger charge is 2.46. The summed E-state index contributed by atoms with van der Waals surface area (Å²) in [5.41, 5.74) is 3.07. The quantitative estimate of drug-likeness (QED) is 0.450. The minimum absolute atomic E-state index is 0.383. The third-order valence-electron chi connectivity index (χ3n) is 4.71. The van der Waals surface area contributed by atoms with Gasteiger partial charge in [0.25, 0.3) is 0 Å². The molecule has 0 aromatic rings. The molecule has 0 bridgehead atoms. The number of hydrogen-bond donors (Lipinski definition) is 0. The molecule has 1 saturated carbocycles. The van der Waals surface area contributed by atoms with Gasteiger partial charge in [-0.15, -0.1) is 6.42 Å². The Morgan fingerprint density at radius 3 is 2.75 bits per heavy atom. The Morgan fingerprint density at radius 1 is 1.50 bits per heavy atom. The molecule has 0 N–H and O–H groups in total. The Balaban J connectivity index is 2.27. The van der Waals surface area contributed by atoms with Gasteiger partial charge in [-0.3, -0.25) is 0 Å². The molecule has 0 nitrogen and oxygen atoms in total. The van der Waals surface area contributed by atoms with Crippen molar-refractivity contribution in [3.05, 3.63) is 23.8 Å². The van der Waals surface area contributed by atoms with Crippen molar-refractivity contribution in [3.8, 4) is 12.3 Å². The lowest BCUT2D eigenvalue weighted by Crippen LogP contribution is -2.31. The van der Waals surface area contributed by atoms with Crippen LogP contribution in [0.2, 0.25) is 0 Å². The molecule has 16 heavy (non-hydrogen) atoms. The largest absolute Gasteiger partial charge is 0.115 e. The summed E-state index contributed by atoms with van der Waals surface area (Å²) < 4.78 is 0. The average molecular weight is 214 g/mol. The molecule has 0 aliphatic heterocycles. The molecule has 0 unspecified atom stereocenters. The predicted octanol–water partition coefficient (Wildman–Crippen LogP) is 4.34. The molecule has 2 aliphatic rings. The number of allylic oxidation sites excluding steroid dienone is 3. The van der Waals surface area contributed by atoms with E-state index < -0.39 is 0 Å². The van der Waals surface area contributed by atoms with Gasteiger partial charge in [0.1, 0.15) is 0 Å². The standard InChI is InChI=1S/C16H22/c1-5-14-8-10-16(11-9-14)13(4)6-7-15(16)12(2)3/h1,8,12,15H,4,6-7,9-11H2,2-3H3/t15-,16-/m0/s1. The Morgan fingerprint density at radius 2 is 2.25 bits per heavy atom. The second kappa shape index (κ2) is 4.13. The Hall–Kier alpha value is -0.960. The van der Waals surface area contributed by atoms with Crippen molar-refractivity contribution < 1.29 is 0 Å². The van der Waals surface area contributed by atoms with Crippen molar-refractivity contribution >= 4 is 0 Å². The van der Waals surface area contributed by atoms with Gasteiger partial charge in [-0.05, 0) is 54.9 Å². The van der Waals surface area contributed by atoms with E-state index in [-0.39, 0.29) is 0 Å². The smallest absolute Gasteiger partial charge is 0.00216 e. The lowest BCUT2D eigenvalue weighted by Gasteiger charge is -2.40. The van der Waals surface area contributed by atoms with E-state index in [0.29, 0.717) is 5.41 Å². The lowest BCUT2D eigenvalue weighted by molar-refractivity contribution is 0.169. The molecule has 86 valence electrons. The maximum absolute atomic E-state index is 5.48. The Labute approximate surface area is 99.8 Å². The van der Waals surface area contributed by atoms with Gasteiger partial charge in [-0.1, -0.05) is 38.0 Å². The fourth-order valence-corrected chi connectivity index (χ4v) is 3.74. The summed E-state index contributed by atoms with van der Waals surface area (Å²) in [5.74, 6) is 4.38. The summed E-state index contributed by atoms with van der Waals surface area (Å²) in [7, 11) is 0. The average Bonchev–Trinajstić information content (AvgIpc) is 2.58. The fourth-order valence-electron chi connectivity index (χ4n) is 3.74. The first-order chi connectivity index (χ1) is 7.60. The number of rotatable bonds is 1. The third-order valence-corrected chi connectivity index (χ3v) is 4.71. The zero-order valence-corrected chi connectivity index (χ0v) is 10.6. The molecule has 1 fully saturated rings. The number of hydrogen-bond acceptors (Lipinski definition) is 0. The molecule has 0 radical (unpaired) electrons. The molecule has 2 rings (SSSR count). The minimum Gasteiger partial charge on any atom is -0.115 e. The van der Waals surface area contributed by atoms with E-state index in [1.807, 2.05) is 0 Å². The monoisotopic (exact) mass is 214 g/mol. The molecule has 2 atom stereocenters. The van der Waals surface area contributed by atoms with Crippen LogP contribution in [-0.2, 0) is 0 Å². The van der Waals surface area contributed by atoms with Crippen LogP contribution < -0.4 is 0 Å². The molecule has 0 heterocycles. The van der Waals surface area contributed by atoms with E-state index in [9.17, 15) is 0 Å². The number of terminal acetylenes is 1. The van der Waals surface area contributed by atoms with Crippen LogP contribution >= 0.6 is 0 Å². The molecule has 0 heteroatoms. The van der Waals surface area contributed by atoms with E-state index in [2.05, 4.69) is 32.4 Å². The van der Waals surface area contributed by atoms with Gasteiger partial charge in [-0.25, -0.2) is 0 Å². The van der Waals surface area contributed by atoms with E-state index in [1.54, 1.807) is 0 Å². The second-order valence-electron chi connectivity index (χ2n) is 5.73. The lowest BCUT2D eigenvalue weighted by atomic mass is 9.63. The highest BCUT2D eigenvalue weighted by Crippen LogP contribution is 2.57. The summed E-state index contributed by atoms with van der Waals surface area (Å²) in [5, 5.41) is 0. The van der Waals surface area contributed by atoms with E-state index in [1.165, 1.54) is 30.4 Å². The van der Waals surface area contributed by atoms with Gasteiger partial charge in [0.15, 0.2) is 0 Å². The summed E-state index contributed by atoms with van der Waals surface area (Å²) in [4.78, 5) is 0. The van der Waals surface area contributed by atoms with Crippen LogP contribution in [0, 0.1) is 29.6 Å². The van der Waals surface area contributed by atoms with Crippen LogP contribution in [0.4, 0.5) is 0 Å². The summed E-state index contributed by atoms with van der Waals surface area (Å²) in [6.07, 6.45) is 13.8. The maximum Gasteiger partial charge on any atom is -0.00216 e. The van der Waals surface area contributed by atoms with Crippen molar-refractivity contribution in [1.29, 1.82) is 0 Å². The van der Waals surface area contributed by atoms with Crippen LogP contribution in [0.25, 0.3) is 0 Å². The topological polar surface area (TPSA) is 0 Å². The molecule has 0 aromatic carbocycles. The molecule has 0 aromatic heterocycles. The highest BCUT2D eigenvalue weighted by molar-refractivity contribution is 5.32.